The molecule has 1 saturated heterocycles. The number of nitrogens with zero attached hydrogens (tertiary/aromatic N) is 1. The Kier molecular flexibility index (Phi) is 5.60. The van der Waals surface area contributed by atoms with Crippen molar-refractivity contribution in [3.8, 4) is 0 Å². The summed E-state index contributed by atoms with van der Waals surface area (Å²) in [6.45, 7) is 8.04. The second-order valence-electron chi connectivity index (χ2n) is 6.76. The summed E-state index contributed by atoms with van der Waals surface area (Å²) in [7, 11) is 0. The van der Waals surface area contributed by atoms with E-state index in [2.05, 4.69) is 20.4 Å². The third-order valence-electron chi connectivity index (χ3n) is 5.23. The first kappa shape index (κ1) is 16.3. The lowest BCUT2D eigenvalue weighted by atomic mass is 9.80. The van der Waals surface area contributed by atoms with E-state index in [1.54, 1.807) is 11.0 Å². The van der Waals surface area contributed by atoms with Crippen LogP contribution in [0.5, 0.6) is 0 Å². The summed E-state index contributed by atoms with van der Waals surface area (Å²) in [4.78, 5) is 27.3. The van der Waals surface area contributed by atoms with Crippen LogP contribution in [-0.4, -0.2) is 22.8 Å². The normalized spacial score (nSPS) is 29.0. The molecular formula is C18H29NO2. The summed E-state index contributed by atoms with van der Waals surface area (Å²) in [5.41, 5.74) is 0. The van der Waals surface area contributed by atoms with Crippen LogP contribution >= 0.6 is 0 Å². The minimum atomic E-state index is -0.168. The summed E-state index contributed by atoms with van der Waals surface area (Å²) < 4.78 is 0. The summed E-state index contributed by atoms with van der Waals surface area (Å²) in [5, 5.41) is 0. The number of likely N-dealkylation sites (tertiary alicyclic amines) is 1. The van der Waals surface area contributed by atoms with Gasteiger partial charge in [0.1, 0.15) is 0 Å². The first-order valence-corrected chi connectivity index (χ1v) is 8.59. The van der Waals surface area contributed by atoms with E-state index in [0.717, 1.165) is 38.5 Å². The lowest BCUT2D eigenvalue weighted by Gasteiger charge is -2.30. The summed E-state index contributed by atoms with van der Waals surface area (Å²) in [5.74, 6) is 0.153. The van der Waals surface area contributed by atoms with Gasteiger partial charge in [-0.25, -0.2) is 0 Å². The maximum Gasteiger partial charge on any atom is 0.233 e. The summed E-state index contributed by atoms with van der Waals surface area (Å²) >= 11 is 0. The number of imide groups is 1. The fraction of sp³-hybridized carbons (Fsp3) is 0.778. The molecule has 1 heterocycles. The Bertz CT molecular complexity index is 398. The average Bonchev–Trinajstić information content (AvgIpc) is 2.72. The Balaban J connectivity index is 2.21. The van der Waals surface area contributed by atoms with Gasteiger partial charge in [-0.1, -0.05) is 52.0 Å². The van der Waals surface area contributed by atoms with E-state index in [9.17, 15) is 9.59 Å². The number of carbonyl (C=O) groups excluding carboxylic acids is 2. The molecule has 2 rings (SSSR count). The van der Waals surface area contributed by atoms with Crippen LogP contribution in [0.25, 0.3) is 0 Å². The molecule has 3 heteroatoms. The van der Waals surface area contributed by atoms with Crippen molar-refractivity contribution in [3.63, 3.8) is 0 Å². The monoisotopic (exact) mass is 291 g/mol. The molecule has 0 spiro atoms. The van der Waals surface area contributed by atoms with Crippen LogP contribution in [0.2, 0.25) is 0 Å². The van der Waals surface area contributed by atoms with Crippen molar-refractivity contribution in [1.82, 2.24) is 4.90 Å². The van der Waals surface area contributed by atoms with Crippen LogP contribution in [0.3, 0.4) is 0 Å². The van der Waals surface area contributed by atoms with Gasteiger partial charge in [-0.3, -0.25) is 14.5 Å². The molecule has 3 nitrogen and oxygen atoms in total. The zero-order valence-electron chi connectivity index (χ0n) is 13.5. The molecule has 0 bridgehead atoms. The number of rotatable bonds is 6. The van der Waals surface area contributed by atoms with Crippen molar-refractivity contribution in [2.45, 2.75) is 71.3 Å². The SMILES string of the molecule is C=CCC1C(=O)N(C2CCCCC2)C(=O)C1C(C)CCC. The largest absolute Gasteiger partial charge is 0.279 e. The molecule has 0 aromatic carbocycles. The van der Waals surface area contributed by atoms with Crippen molar-refractivity contribution in [1.29, 1.82) is 0 Å². The van der Waals surface area contributed by atoms with E-state index in [1.165, 1.54) is 6.42 Å². The van der Waals surface area contributed by atoms with E-state index in [0.29, 0.717) is 6.42 Å². The molecule has 3 atom stereocenters. The topological polar surface area (TPSA) is 37.4 Å². The van der Waals surface area contributed by atoms with E-state index in [4.69, 9.17) is 0 Å². The molecule has 0 radical (unpaired) electrons. The van der Waals surface area contributed by atoms with Crippen LogP contribution in [0.1, 0.15) is 65.2 Å². The lowest BCUT2D eigenvalue weighted by Crippen LogP contribution is -2.42. The van der Waals surface area contributed by atoms with E-state index < -0.39 is 0 Å². The van der Waals surface area contributed by atoms with Crippen LogP contribution in [0.4, 0.5) is 0 Å². The van der Waals surface area contributed by atoms with E-state index in [-0.39, 0.29) is 35.6 Å². The predicted molar refractivity (Wildman–Crippen MR) is 84.6 cm³/mol. The third-order valence-corrected chi connectivity index (χ3v) is 5.23. The Morgan fingerprint density at radius 2 is 1.90 bits per heavy atom. The maximum absolute atomic E-state index is 12.9. The Morgan fingerprint density at radius 1 is 1.24 bits per heavy atom. The predicted octanol–water partition coefficient (Wildman–Crippen LogP) is 3.93. The molecule has 118 valence electrons. The smallest absolute Gasteiger partial charge is 0.233 e. The van der Waals surface area contributed by atoms with E-state index in [1.807, 2.05) is 0 Å². The first-order chi connectivity index (χ1) is 10.1. The fourth-order valence-corrected chi connectivity index (χ4v) is 4.17. The molecule has 0 aromatic rings. The van der Waals surface area contributed by atoms with Gasteiger partial charge in [0.25, 0.3) is 0 Å². The van der Waals surface area contributed by atoms with E-state index >= 15 is 0 Å². The quantitative estimate of drug-likeness (QED) is 0.549. The number of amides is 2. The zero-order valence-corrected chi connectivity index (χ0v) is 13.5. The number of hydrogen-bond acceptors (Lipinski definition) is 2. The van der Waals surface area contributed by atoms with Crippen molar-refractivity contribution in [2.75, 3.05) is 0 Å². The maximum atomic E-state index is 12.9. The molecule has 2 fully saturated rings. The average molecular weight is 291 g/mol. The van der Waals surface area contributed by atoms with Crippen molar-refractivity contribution >= 4 is 11.8 Å². The van der Waals surface area contributed by atoms with Crippen LogP contribution in [0, 0.1) is 17.8 Å². The van der Waals surface area contributed by atoms with Crippen molar-refractivity contribution < 1.29 is 9.59 Å². The summed E-state index contributed by atoms with van der Waals surface area (Å²) in [6, 6.07) is 0.157. The highest BCUT2D eigenvalue weighted by atomic mass is 16.2. The molecule has 0 aromatic heterocycles. The highest BCUT2D eigenvalue weighted by molar-refractivity contribution is 6.05. The van der Waals surface area contributed by atoms with Gasteiger partial charge in [-0.2, -0.15) is 0 Å². The minimum Gasteiger partial charge on any atom is -0.279 e. The van der Waals surface area contributed by atoms with Gasteiger partial charge in [0.15, 0.2) is 0 Å². The second kappa shape index (κ2) is 7.24. The van der Waals surface area contributed by atoms with Gasteiger partial charge in [0, 0.05) is 6.04 Å². The Hall–Kier alpha value is -1.12. The van der Waals surface area contributed by atoms with Gasteiger partial charge < -0.3 is 0 Å². The Morgan fingerprint density at radius 3 is 2.48 bits per heavy atom. The Labute approximate surface area is 128 Å². The van der Waals surface area contributed by atoms with Gasteiger partial charge in [-0.15, -0.1) is 6.58 Å². The second-order valence-corrected chi connectivity index (χ2v) is 6.76. The van der Waals surface area contributed by atoms with Gasteiger partial charge in [0.2, 0.25) is 11.8 Å². The van der Waals surface area contributed by atoms with Crippen LogP contribution in [0.15, 0.2) is 12.7 Å². The van der Waals surface area contributed by atoms with Gasteiger partial charge >= 0.3 is 0 Å². The number of carbonyl (C=O) groups is 2. The number of hydrogen-bond donors (Lipinski definition) is 0. The van der Waals surface area contributed by atoms with Gasteiger partial charge in [0.05, 0.1) is 11.8 Å². The van der Waals surface area contributed by atoms with Crippen molar-refractivity contribution in [3.05, 3.63) is 12.7 Å². The highest BCUT2D eigenvalue weighted by Gasteiger charge is 2.50. The number of allylic oxidation sites excluding steroid dienone is 1. The zero-order chi connectivity index (χ0) is 15.4. The van der Waals surface area contributed by atoms with Crippen LogP contribution < -0.4 is 0 Å². The molecule has 2 aliphatic rings. The molecule has 0 N–H and O–H groups in total. The molecule has 3 unspecified atom stereocenters. The molecule has 1 aliphatic carbocycles. The molecule has 2 amide bonds. The van der Waals surface area contributed by atoms with Crippen LogP contribution in [-0.2, 0) is 9.59 Å². The lowest BCUT2D eigenvalue weighted by molar-refractivity contribution is -0.143. The third kappa shape index (κ3) is 3.22. The minimum absolute atomic E-state index is 0.0692. The molecular weight excluding hydrogens is 262 g/mol. The van der Waals surface area contributed by atoms with Gasteiger partial charge in [-0.05, 0) is 25.2 Å². The first-order valence-electron chi connectivity index (χ1n) is 8.59. The summed E-state index contributed by atoms with van der Waals surface area (Å²) in [6.07, 6.45) is 10.0. The van der Waals surface area contributed by atoms with Crippen molar-refractivity contribution in [2.24, 2.45) is 17.8 Å². The standard InChI is InChI=1S/C18H29NO2/c1-4-9-13(3)16-15(10-5-2)17(20)19(18(16)21)14-11-7-6-8-12-14/h5,13-16H,2,4,6-12H2,1,3H3. The fourth-order valence-electron chi connectivity index (χ4n) is 4.17. The molecule has 1 saturated carbocycles. The highest BCUT2D eigenvalue weighted by Crippen LogP contribution is 2.39. The molecule has 21 heavy (non-hydrogen) atoms. The molecule has 1 aliphatic heterocycles.